The SMILES string of the molecule is Cc1ccc(NC(=O)C2(c3ccccc3C(C)C)CN(C(=O)CC3(N)COC3)C2)c(OC(F)F)n1. The molecular weight excluding hydrogens is 458 g/mol. The number of aryl methyl sites for hydroxylation is 1. The summed E-state index contributed by atoms with van der Waals surface area (Å²) in [6, 6.07) is 10.7. The minimum Gasteiger partial charge on any atom is -0.415 e. The number of anilines is 1. The Bertz CT molecular complexity index is 1110. The minimum absolute atomic E-state index is 0.0413. The van der Waals surface area contributed by atoms with Crippen molar-refractivity contribution in [3.05, 3.63) is 53.2 Å². The summed E-state index contributed by atoms with van der Waals surface area (Å²) in [7, 11) is 0. The molecule has 0 saturated carbocycles. The molecule has 0 unspecified atom stereocenters. The van der Waals surface area contributed by atoms with Crippen molar-refractivity contribution in [1.29, 1.82) is 0 Å². The van der Waals surface area contributed by atoms with Crippen molar-refractivity contribution in [2.75, 3.05) is 31.6 Å². The topological polar surface area (TPSA) is 107 Å². The molecule has 0 spiro atoms. The van der Waals surface area contributed by atoms with Gasteiger partial charge in [0.2, 0.25) is 17.7 Å². The average molecular weight is 489 g/mol. The first-order valence-electron chi connectivity index (χ1n) is 11.5. The monoisotopic (exact) mass is 488 g/mol. The fourth-order valence-electron chi connectivity index (χ4n) is 4.58. The zero-order chi connectivity index (χ0) is 25.4. The fourth-order valence-corrected chi connectivity index (χ4v) is 4.58. The molecule has 0 atom stereocenters. The van der Waals surface area contributed by atoms with Crippen LogP contribution in [-0.4, -0.2) is 60.2 Å². The van der Waals surface area contributed by atoms with Crippen molar-refractivity contribution in [2.24, 2.45) is 5.73 Å². The van der Waals surface area contributed by atoms with Gasteiger partial charge in [-0.15, -0.1) is 0 Å². The van der Waals surface area contributed by atoms with E-state index in [1.807, 2.05) is 38.1 Å². The standard InChI is InChI=1S/C25H30F2N4O4/c1-15(2)17-6-4-5-7-18(17)25(11-31(12-25)20(32)10-24(28)13-34-14-24)22(33)30-19-9-8-16(3)29-21(19)35-23(26)27/h4-9,15,23H,10-14,28H2,1-3H3,(H,30,33). The van der Waals surface area contributed by atoms with Crippen molar-refractivity contribution in [3.8, 4) is 5.88 Å². The lowest BCUT2D eigenvalue weighted by Crippen LogP contribution is -2.68. The number of alkyl halides is 2. The normalized spacial score (nSPS) is 18.1. The molecule has 188 valence electrons. The number of ether oxygens (including phenoxy) is 2. The molecule has 0 aliphatic carbocycles. The highest BCUT2D eigenvalue weighted by atomic mass is 19.3. The zero-order valence-electron chi connectivity index (χ0n) is 20.0. The molecule has 3 heterocycles. The molecule has 2 fully saturated rings. The number of nitrogens with one attached hydrogen (secondary N) is 1. The highest BCUT2D eigenvalue weighted by Gasteiger charge is 2.54. The van der Waals surface area contributed by atoms with Crippen molar-refractivity contribution >= 4 is 17.5 Å². The second-order valence-electron chi connectivity index (χ2n) is 9.74. The number of carbonyl (C=O) groups excluding carboxylic acids is 2. The fraction of sp³-hybridized carbons (Fsp3) is 0.480. The number of halogens is 2. The van der Waals surface area contributed by atoms with Crippen molar-refractivity contribution < 1.29 is 27.8 Å². The number of carbonyl (C=O) groups is 2. The van der Waals surface area contributed by atoms with Crippen LogP contribution in [0.15, 0.2) is 36.4 Å². The molecule has 2 saturated heterocycles. The van der Waals surface area contributed by atoms with Gasteiger partial charge in [0.05, 0.1) is 18.8 Å². The summed E-state index contributed by atoms with van der Waals surface area (Å²) in [5, 5.41) is 2.74. The lowest BCUT2D eigenvalue weighted by molar-refractivity contribution is -0.149. The van der Waals surface area contributed by atoms with Gasteiger partial charge in [-0.3, -0.25) is 9.59 Å². The molecule has 4 rings (SSSR count). The van der Waals surface area contributed by atoms with Gasteiger partial charge >= 0.3 is 6.61 Å². The number of rotatable bonds is 8. The Morgan fingerprint density at radius 2 is 1.89 bits per heavy atom. The van der Waals surface area contributed by atoms with Crippen LogP contribution in [0.4, 0.5) is 14.5 Å². The van der Waals surface area contributed by atoms with Crippen molar-refractivity contribution in [2.45, 2.75) is 50.7 Å². The third-order valence-corrected chi connectivity index (χ3v) is 6.54. The number of nitrogens with two attached hydrogens (primary N) is 1. The summed E-state index contributed by atoms with van der Waals surface area (Å²) in [6.07, 6.45) is 0.130. The van der Waals surface area contributed by atoms with Gasteiger partial charge in [0.25, 0.3) is 0 Å². The van der Waals surface area contributed by atoms with E-state index in [9.17, 15) is 18.4 Å². The lowest BCUT2D eigenvalue weighted by atomic mass is 9.69. The van der Waals surface area contributed by atoms with E-state index in [1.165, 1.54) is 6.07 Å². The number of hydrogen-bond donors (Lipinski definition) is 2. The van der Waals surface area contributed by atoms with Gasteiger partial charge in [-0.05, 0) is 36.1 Å². The van der Waals surface area contributed by atoms with Crippen LogP contribution >= 0.6 is 0 Å². The van der Waals surface area contributed by atoms with Crippen LogP contribution in [-0.2, 0) is 19.7 Å². The molecule has 2 aliphatic heterocycles. The van der Waals surface area contributed by atoms with E-state index in [4.69, 9.17) is 10.5 Å². The molecule has 8 nitrogen and oxygen atoms in total. The van der Waals surface area contributed by atoms with Gasteiger partial charge in [0.1, 0.15) is 11.1 Å². The molecule has 3 N–H and O–H groups in total. The zero-order valence-corrected chi connectivity index (χ0v) is 20.0. The molecule has 10 heteroatoms. The van der Waals surface area contributed by atoms with E-state index in [0.29, 0.717) is 18.9 Å². The third-order valence-electron chi connectivity index (χ3n) is 6.54. The van der Waals surface area contributed by atoms with E-state index >= 15 is 0 Å². The maximum atomic E-state index is 13.8. The maximum Gasteiger partial charge on any atom is 0.388 e. The Kier molecular flexibility index (Phi) is 6.79. The molecule has 0 bridgehead atoms. The lowest BCUT2D eigenvalue weighted by Gasteiger charge is -2.51. The van der Waals surface area contributed by atoms with Crippen LogP contribution in [0.5, 0.6) is 5.88 Å². The number of aromatic nitrogens is 1. The molecule has 1 aromatic carbocycles. The van der Waals surface area contributed by atoms with Gasteiger partial charge in [-0.25, -0.2) is 4.98 Å². The Hall–Kier alpha value is -3.11. The number of hydrogen-bond acceptors (Lipinski definition) is 6. The van der Waals surface area contributed by atoms with E-state index < -0.39 is 23.5 Å². The average Bonchev–Trinajstić information content (AvgIpc) is 2.73. The predicted molar refractivity (Wildman–Crippen MR) is 125 cm³/mol. The van der Waals surface area contributed by atoms with Crippen LogP contribution in [0.25, 0.3) is 0 Å². The molecule has 2 aliphatic rings. The Balaban J connectivity index is 1.64. The molecule has 2 amide bonds. The van der Waals surface area contributed by atoms with Gasteiger partial charge < -0.3 is 25.4 Å². The highest BCUT2D eigenvalue weighted by molar-refractivity contribution is 6.02. The Labute approximate surface area is 202 Å². The quantitative estimate of drug-likeness (QED) is 0.592. The Morgan fingerprint density at radius 1 is 1.20 bits per heavy atom. The second kappa shape index (κ2) is 9.50. The largest absolute Gasteiger partial charge is 0.415 e. The maximum absolute atomic E-state index is 13.8. The van der Waals surface area contributed by atoms with Crippen LogP contribution < -0.4 is 15.8 Å². The van der Waals surface area contributed by atoms with E-state index in [0.717, 1.165) is 11.1 Å². The van der Waals surface area contributed by atoms with E-state index in [2.05, 4.69) is 15.0 Å². The first-order chi connectivity index (χ1) is 16.5. The van der Waals surface area contributed by atoms with Crippen LogP contribution in [0, 0.1) is 6.92 Å². The van der Waals surface area contributed by atoms with Gasteiger partial charge in [-0.2, -0.15) is 8.78 Å². The molecule has 35 heavy (non-hydrogen) atoms. The van der Waals surface area contributed by atoms with Crippen LogP contribution in [0.1, 0.15) is 43.0 Å². The van der Waals surface area contributed by atoms with Gasteiger partial charge in [0, 0.05) is 25.2 Å². The van der Waals surface area contributed by atoms with Crippen molar-refractivity contribution in [3.63, 3.8) is 0 Å². The van der Waals surface area contributed by atoms with Crippen LogP contribution in [0.3, 0.4) is 0 Å². The number of likely N-dealkylation sites (tertiary alicyclic amines) is 1. The van der Waals surface area contributed by atoms with Gasteiger partial charge in [0.15, 0.2) is 0 Å². The number of nitrogens with zero attached hydrogens (tertiary/aromatic N) is 2. The summed E-state index contributed by atoms with van der Waals surface area (Å²) in [5.41, 5.74) is 6.69. The number of benzene rings is 1. The smallest absolute Gasteiger partial charge is 0.388 e. The van der Waals surface area contributed by atoms with Crippen LogP contribution in [0.2, 0.25) is 0 Å². The molecule has 1 aromatic heterocycles. The summed E-state index contributed by atoms with van der Waals surface area (Å²) in [5.74, 6) is -0.810. The summed E-state index contributed by atoms with van der Waals surface area (Å²) >= 11 is 0. The summed E-state index contributed by atoms with van der Waals surface area (Å²) in [6.45, 7) is 3.52. The Morgan fingerprint density at radius 3 is 2.49 bits per heavy atom. The van der Waals surface area contributed by atoms with Crippen molar-refractivity contribution in [1.82, 2.24) is 9.88 Å². The number of amides is 2. The first kappa shape index (κ1) is 25.0. The van der Waals surface area contributed by atoms with E-state index in [-0.39, 0.29) is 42.9 Å². The molecule has 2 aromatic rings. The van der Waals surface area contributed by atoms with Gasteiger partial charge in [-0.1, -0.05) is 38.1 Å². The number of pyridine rings is 1. The van der Waals surface area contributed by atoms with E-state index in [1.54, 1.807) is 17.9 Å². The third kappa shape index (κ3) is 4.99. The second-order valence-corrected chi connectivity index (χ2v) is 9.74. The summed E-state index contributed by atoms with van der Waals surface area (Å²) < 4.78 is 35.6. The first-order valence-corrected chi connectivity index (χ1v) is 11.5. The molecular formula is C25H30F2N4O4. The summed E-state index contributed by atoms with van der Waals surface area (Å²) in [4.78, 5) is 32.3. The molecule has 0 radical (unpaired) electrons. The predicted octanol–water partition coefficient (Wildman–Crippen LogP) is 2.95. The highest BCUT2D eigenvalue weighted by Crippen LogP contribution is 2.41. The minimum atomic E-state index is -3.09.